The van der Waals surface area contributed by atoms with Crippen molar-refractivity contribution in [3.05, 3.63) is 40.8 Å². The number of nitroso groups, excluding NO2 is 1. The Morgan fingerprint density at radius 3 is 2.83 bits per heavy atom. The standard InChI is InChI=1S/C19H22N2O2/c22-19-17(21-23)11-12-5-1-2-6-13(12)18(19)15-9-10-20-16-8-4-3-7-14(15)16/h1-2,5-6,11,14-16,20,22H,3-4,7-10H2. The quantitative estimate of drug-likeness (QED) is 0.798. The largest absolute Gasteiger partial charge is 0.505 e. The van der Waals surface area contributed by atoms with Crippen LogP contribution in [0.5, 0.6) is 5.75 Å². The third kappa shape index (κ3) is 2.41. The van der Waals surface area contributed by atoms with Crippen LogP contribution in [-0.4, -0.2) is 17.7 Å². The fourth-order valence-corrected chi connectivity index (χ4v) is 4.69. The number of piperidine rings is 1. The van der Waals surface area contributed by atoms with E-state index in [4.69, 9.17) is 0 Å². The van der Waals surface area contributed by atoms with Crippen molar-refractivity contribution in [3.63, 3.8) is 0 Å². The van der Waals surface area contributed by atoms with E-state index in [9.17, 15) is 10.0 Å². The summed E-state index contributed by atoms with van der Waals surface area (Å²) in [6, 6.07) is 10.2. The molecule has 4 rings (SSSR count). The van der Waals surface area contributed by atoms with Gasteiger partial charge < -0.3 is 10.4 Å². The number of hydrogen-bond donors (Lipinski definition) is 2. The lowest BCUT2D eigenvalue weighted by Crippen LogP contribution is -2.46. The van der Waals surface area contributed by atoms with Crippen LogP contribution in [-0.2, 0) is 0 Å². The third-order valence-electron chi connectivity index (χ3n) is 5.71. The second-order valence-electron chi connectivity index (χ2n) is 6.87. The molecule has 2 fully saturated rings. The minimum absolute atomic E-state index is 0.0925. The Balaban J connectivity index is 1.89. The van der Waals surface area contributed by atoms with E-state index in [1.165, 1.54) is 25.7 Å². The summed E-state index contributed by atoms with van der Waals surface area (Å²) in [5.74, 6) is 0.928. The zero-order valence-corrected chi connectivity index (χ0v) is 13.2. The van der Waals surface area contributed by atoms with Crippen LogP contribution in [0.25, 0.3) is 10.8 Å². The van der Waals surface area contributed by atoms with E-state index in [1.807, 2.05) is 18.2 Å². The van der Waals surface area contributed by atoms with E-state index in [-0.39, 0.29) is 11.4 Å². The molecule has 3 unspecified atom stereocenters. The van der Waals surface area contributed by atoms with Crippen molar-refractivity contribution < 1.29 is 5.11 Å². The molecule has 120 valence electrons. The smallest absolute Gasteiger partial charge is 0.150 e. The summed E-state index contributed by atoms with van der Waals surface area (Å²) >= 11 is 0. The molecule has 0 amide bonds. The molecule has 0 aromatic heterocycles. The maximum atomic E-state index is 11.2. The molecule has 0 bridgehead atoms. The summed E-state index contributed by atoms with van der Waals surface area (Å²) in [4.78, 5) is 11.2. The lowest BCUT2D eigenvalue weighted by Gasteiger charge is -2.42. The maximum Gasteiger partial charge on any atom is 0.150 e. The molecule has 1 aliphatic carbocycles. The Hall–Kier alpha value is -1.94. The van der Waals surface area contributed by atoms with Crippen molar-refractivity contribution in [2.24, 2.45) is 11.1 Å². The van der Waals surface area contributed by atoms with Gasteiger partial charge in [-0.3, -0.25) is 0 Å². The third-order valence-corrected chi connectivity index (χ3v) is 5.71. The van der Waals surface area contributed by atoms with Crippen LogP contribution in [0.4, 0.5) is 5.69 Å². The van der Waals surface area contributed by atoms with Gasteiger partial charge in [-0.2, -0.15) is 0 Å². The van der Waals surface area contributed by atoms with Gasteiger partial charge in [0.05, 0.1) is 0 Å². The molecule has 3 atom stereocenters. The first-order valence-electron chi connectivity index (χ1n) is 8.61. The first-order valence-corrected chi connectivity index (χ1v) is 8.61. The molecule has 2 aliphatic rings. The molecular weight excluding hydrogens is 288 g/mol. The number of nitrogens with one attached hydrogen (secondary N) is 1. The van der Waals surface area contributed by atoms with Crippen molar-refractivity contribution >= 4 is 16.5 Å². The van der Waals surface area contributed by atoms with Gasteiger partial charge in [0.2, 0.25) is 0 Å². The van der Waals surface area contributed by atoms with Gasteiger partial charge in [0, 0.05) is 11.6 Å². The van der Waals surface area contributed by atoms with Crippen LogP contribution < -0.4 is 5.32 Å². The summed E-state index contributed by atoms with van der Waals surface area (Å²) in [6.07, 6.45) is 5.94. The van der Waals surface area contributed by atoms with Gasteiger partial charge in [-0.25, -0.2) is 0 Å². The molecule has 0 radical (unpaired) electrons. The number of rotatable bonds is 2. The Bertz CT molecular complexity index is 741. The SMILES string of the molecule is O=Nc1cc2ccccc2c(C2CCNC3CCCCC32)c1O. The molecule has 2 aromatic rings. The molecule has 1 saturated carbocycles. The highest BCUT2D eigenvalue weighted by molar-refractivity contribution is 5.92. The molecule has 2 N–H and O–H groups in total. The minimum atomic E-state index is 0.0925. The van der Waals surface area contributed by atoms with E-state index in [2.05, 4.69) is 16.6 Å². The Morgan fingerprint density at radius 1 is 1.13 bits per heavy atom. The number of fused-ring (bicyclic) bond motifs is 2. The van der Waals surface area contributed by atoms with Crippen molar-refractivity contribution in [1.29, 1.82) is 0 Å². The molecule has 4 nitrogen and oxygen atoms in total. The topological polar surface area (TPSA) is 61.7 Å². The Kier molecular flexibility index (Phi) is 3.77. The molecule has 2 aromatic carbocycles. The first kappa shape index (κ1) is 14.6. The van der Waals surface area contributed by atoms with Crippen molar-refractivity contribution in [1.82, 2.24) is 5.32 Å². The summed E-state index contributed by atoms with van der Waals surface area (Å²) in [7, 11) is 0. The minimum Gasteiger partial charge on any atom is -0.505 e. The molecule has 0 spiro atoms. The van der Waals surface area contributed by atoms with Crippen LogP contribution in [0.2, 0.25) is 0 Å². The number of nitrogens with zero attached hydrogens (tertiary/aromatic N) is 1. The predicted octanol–water partition coefficient (Wildman–Crippen LogP) is 4.58. The highest BCUT2D eigenvalue weighted by Gasteiger charge is 2.37. The van der Waals surface area contributed by atoms with E-state index in [0.29, 0.717) is 17.9 Å². The second kappa shape index (κ2) is 5.93. The highest BCUT2D eigenvalue weighted by atomic mass is 16.3. The van der Waals surface area contributed by atoms with E-state index >= 15 is 0 Å². The number of phenolic OH excluding ortho intramolecular Hbond substituents is 1. The first-order chi connectivity index (χ1) is 11.3. The van der Waals surface area contributed by atoms with Gasteiger partial charge in [-0.05, 0) is 59.7 Å². The van der Waals surface area contributed by atoms with E-state index in [1.54, 1.807) is 6.07 Å². The normalized spacial score (nSPS) is 27.6. The molecule has 4 heteroatoms. The second-order valence-corrected chi connectivity index (χ2v) is 6.87. The zero-order chi connectivity index (χ0) is 15.8. The van der Waals surface area contributed by atoms with Crippen LogP contribution in [0.15, 0.2) is 35.5 Å². The van der Waals surface area contributed by atoms with Crippen molar-refractivity contribution in [2.45, 2.75) is 44.1 Å². The fourth-order valence-electron chi connectivity index (χ4n) is 4.69. The summed E-state index contributed by atoms with van der Waals surface area (Å²) in [5.41, 5.74) is 1.11. The molecular formula is C19H22N2O2. The number of hydrogen-bond acceptors (Lipinski definition) is 4. The van der Waals surface area contributed by atoms with Crippen LogP contribution in [0.3, 0.4) is 0 Å². The van der Waals surface area contributed by atoms with Crippen molar-refractivity contribution in [3.8, 4) is 5.75 Å². The predicted molar refractivity (Wildman–Crippen MR) is 92.2 cm³/mol. The van der Waals surface area contributed by atoms with Gasteiger partial charge in [-0.15, -0.1) is 4.91 Å². The molecule has 1 saturated heterocycles. The number of benzene rings is 2. The summed E-state index contributed by atoms with van der Waals surface area (Å²) in [6.45, 7) is 0.971. The number of aromatic hydroxyl groups is 1. The van der Waals surface area contributed by atoms with Crippen LogP contribution >= 0.6 is 0 Å². The lowest BCUT2D eigenvalue weighted by molar-refractivity contribution is 0.182. The molecule has 1 heterocycles. The number of phenols is 1. The average Bonchev–Trinajstić information content (AvgIpc) is 2.61. The van der Waals surface area contributed by atoms with Crippen LogP contribution in [0, 0.1) is 10.8 Å². The monoisotopic (exact) mass is 310 g/mol. The maximum absolute atomic E-state index is 11.2. The van der Waals surface area contributed by atoms with Crippen molar-refractivity contribution in [2.75, 3.05) is 6.54 Å². The van der Waals surface area contributed by atoms with E-state index in [0.717, 1.165) is 29.3 Å². The van der Waals surface area contributed by atoms with Gasteiger partial charge >= 0.3 is 0 Å². The fraction of sp³-hybridized carbons (Fsp3) is 0.474. The lowest BCUT2D eigenvalue weighted by atomic mass is 9.69. The Labute approximate surface area is 135 Å². The molecule has 1 aliphatic heterocycles. The zero-order valence-electron chi connectivity index (χ0n) is 13.2. The van der Waals surface area contributed by atoms with Gasteiger partial charge in [0.1, 0.15) is 5.75 Å². The van der Waals surface area contributed by atoms with E-state index < -0.39 is 0 Å². The summed E-state index contributed by atoms with van der Waals surface area (Å²) < 4.78 is 0. The van der Waals surface area contributed by atoms with Gasteiger partial charge in [-0.1, -0.05) is 37.1 Å². The van der Waals surface area contributed by atoms with Gasteiger partial charge in [0.15, 0.2) is 5.69 Å². The average molecular weight is 310 g/mol. The highest BCUT2D eigenvalue weighted by Crippen LogP contribution is 2.48. The summed E-state index contributed by atoms with van der Waals surface area (Å²) in [5, 5.41) is 19.5. The molecule has 23 heavy (non-hydrogen) atoms. The van der Waals surface area contributed by atoms with Crippen LogP contribution in [0.1, 0.15) is 43.6 Å². The Morgan fingerprint density at radius 2 is 1.96 bits per heavy atom. The van der Waals surface area contributed by atoms with Gasteiger partial charge in [0.25, 0.3) is 0 Å².